The number of methoxy groups -OCH3 is 1. The van der Waals surface area contributed by atoms with Crippen LogP contribution in [0.25, 0.3) is 21.8 Å². The van der Waals surface area contributed by atoms with Gasteiger partial charge in [-0.1, -0.05) is 27.7 Å². The van der Waals surface area contributed by atoms with Crippen LogP contribution in [0.2, 0.25) is 0 Å². The average Bonchev–Trinajstić information content (AvgIpc) is 2.95. The number of ether oxygens (including phenoxy) is 3. The van der Waals surface area contributed by atoms with Gasteiger partial charge < -0.3 is 19.5 Å². The van der Waals surface area contributed by atoms with Gasteiger partial charge in [0.2, 0.25) is 0 Å². The van der Waals surface area contributed by atoms with Crippen LogP contribution in [-0.4, -0.2) is 47.1 Å². The number of halogens is 2. The molecule has 11 nitrogen and oxygen atoms in total. The fourth-order valence-electron chi connectivity index (χ4n) is 4.02. The van der Waals surface area contributed by atoms with Gasteiger partial charge in [0.15, 0.2) is 11.2 Å². The van der Waals surface area contributed by atoms with Crippen LogP contribution in [-0.2, 0) is 4.74 Å². The number of aromatic nitrogens is 2. The third-order valence-electron chi connectivity index (χ3n) is 5.94. The van der Waals surface area contributed by atoms with Crippen LogP contribution in [0.4, 0.5) is 11.4 Å². The Morgan fingerprint density at radius 2 is 1.40 bits per heavy atom. The van der Waals surface area contributed by atoms with Gasteiger partial charge in [-0.2, -0.15) is 0 Å². The third-order valence-corrected chi connectivity index (χ3v) is 7.26. The van der Waals surface area contributed by atoms with Gasteiger partial charge in [0, 0.05) is 27.1 Å². The molecule has 4 aromatic rings. The van der Waals surface area contributed by atoms with Crippen LogP contribution >= 0.6 is 31.9 Å². The number of anilines is 1. The quantitative estimate of drug-likeness (QED) is 0.102. The highest BCUT2D eigenvalue weighted by molar-refractivity contribution is 9.11. The maximum Gasteiger partial charge on any atom is 0.356 e. The summed E-state index contributed by atoms with van der Waals surface area (Å²) in [6.07, 6.45) is 0. The van der Waals surface area contributed by atoms with Crippen molar-refractivity contribution in [3.8, 4) is 11.5 Å². The van der Waals surface area contributed by atoms with Gasteiger partial charge in [-0.05, 0) is 61.9 Å². The van der Waals surface area contributed by atoms with E-state index in [-0.39, 0.29) is 51.4 Å². The number of carbonyl (C=O) groups is 2. The van der Waals surface area contributed by atoms with E-state index in [1.165, 1.54) is 25.3 Å². The van der Waals surface area contributed by atoms with E-state index >= 15 is 0 Å². The topological polar surface area (TPSA) is 143 Å². The summed E-state index contributed by atoms with van der Waals surface area (Å²) in [7, 11) is 1.24. The predicted octanol–water partition coefficient (Wildman–Crippen LogP) is 7.32. The molecule has 0 spiro atoms. The third kappa shape index (κ3) is 6.62. The zero-order chi connectivity index (χ0) is 30.7. The zero-order valence-electron chi connectivity index (χ0n) is 23.5. The van der Waals surface area contributed by atoms with E-state index in [2.05, 4.69) is 47.1 Å². The van der Waals surface area contributed by atoms with E-state index < -0.39 is 16.8 Å². The highest BCUT2D eigenvalue weighted by atomic mass is 79.9. The summed E-state index contributed by atoms with van der Waals surface area (Å²) < 4.78 is 18.0. The smallest absolute Gasteiger partial charge is 0.356 e. The first kappa shape index (κ1) is 31.1. The molecule has 42 heavy (non-hydrogen) atoms. The molecule has 0 unspecified atom stereocenters. The molecule has 1 N–H and O–H groups in total. The Hall–Kier alpha value is -3.84. The Morgan fingerprint density at radius 3 is 1.95 bits per heavy atom. The van der Waals surface area contributed by atoms with E-state index in [4.69, 9.17) is 14.2 Å². The number of esters is 1. The van der Waals surface area contributed by atoms with E-state index in [0.29, 0.717) is 38.7 Å². The van der Waals surface area contributed by atoms with Crippen LogP contribution in [0.3, 0.4) is 0 Å². The normalized spacial score (nSPS) is 11.3. The molecule has 2 aromatic heterocycles. The molecule has 0 fully saturated rings. The summed E-state index contributed by atoms with van der Waals surface area (Å²) in [6, 6.07) is 9.12. The number of non-ortho nitro benzene ring substituents is 1. The number of nitrogens with one attached hydrogen (secondary N) is 1. The summed E-state index contributed by atoms with van der Waals surface area (Å²) in [5, 5.41) is 15.6. The van der Waals surface area contributed by atoms with Crippen molar-refractivity contribution in [3.05, 3.63) is 66.8 Å². The number of pyridine rings is 2. The second-order valence-corrected chi connectivity index (χ2v) is 11.9. The number of nitro groups is 1. The maximum absolute atomic E-state index is 13.6. The van der Waals surface area contributed by atoms with Gasteiger partial charge in [0.25, 0.3) is 11.6 Å². The number of nitro benzene ring substituents is 1. The summed E-state index contributed by atoms with van der Waals surface area (Å²) in [5.41, 5.74) is 0.128. The molecule has 1 amide bonds. The van der Waals surface area contributed by atoms with E-state index in [0.717, 1.165) is 0 Å². The first-order chi connectivity index (χ1) is 19.9. The Kier molecular flexibility index (Phi) is 9.62. The van der Waals surface area contributed by atoms with Crippen LogP contribution in [0.5, 0.6) is 11.5 Å². The maximum atomic E-state index is 13.6. The molecule has 13 heteroatoms. The lowest BCUT2D eigenvalue weighted by molar-refractivity contribution is -0.383. The summed E-state index contributed by atoms with van der Waals surface area (Å²) in [5.74, 6) is -0.342. The lowest BCUT2D eigenvalue weighted by Gasteiger charge is -2.16. The Balaban J connectivity index is 1.87. The van der Waals surface area contributed by atoms with Crippen molar-refractivity contribution in [2.24, 2.45) is 11.8 Å². The second-order valence-electron chi connectivity index (χ2n) is 10.2. The van der Waals surface area contributed by atoms with E-state index in [1.54, 1.807) is 18.2 Å². The zero-order valence-corrected chi connectivity index (χ0v) is 26.7. The first-order valence-electron chi connectivity index (χ1n) is 13.0. The molecule has 0 bridgehead atoms. The van der Waals surface area contributed by atoms with Gasteiger partial charge in [0.1, 0.15) is 17.2 Å². The Labute approximate surface area is 258 Å². The number of hydrogen-bond acceptors (Lipinski definition) is 9. The van der Waals surface area contributed by atoms with Crippen molar-refractivity contribution in [2.45, 2.75) is 27.7 Å². The number of nitrogens with zero attached hydrogens (tertiary/aromatic N) is 3. The Bertz CT molecular complexity index is 1710. The van der Waals surface area contributed by atoms with Crippen LogP contribution in [0, 0.1) is 22.0 Å². The van der Waals surface area contributed by atoms with Crippen molar-refractivity contribution >= 4 is 76.9 Å². The minimum absolute atomic E-state index is 0.00285. The molecule has 0 saturated carbocycles. The molecule has 0 aliphatic heterocycles. The van der Waals surface area contributed by atoms with Crippen LogP contribution in [0.15, 0.2) is 45.3 Å². The molecule has 0 atom stereocenters. The number of hydrogen-bond donors (Lipinski definition) is 1. The number of fused-ring (bicyclic) bond motifs is 2. The second kappa shape index (κ2) is 13.0. The van der Waals surface area contributed by atoms with Gasteiger partial charge in [0.05, 0.1) is 47.2 Å². The standard InChI is InChI=1S/C29H28Br2N4O7/c1-14(2)12-41-22-10-19(32-27-21(35(38)39)9-7-17(31)25(22)27)28(36)34-18-8-6-16(30)24-23(42-13-15(3)4)11-20(29(37)40-5)33-26(18)24/h6-11,14-15H,12-13H2,1-5H3,(H,34,36). The molecule has 2 heterocycles. The number of rotatable bonds is 10. The van der Waals surface area contributed by atoms with Crippen molar-refractivity contribution in [3.63, 3.8) is 0 Å². The molecule has 220 valence electrons. The molecule has 0 aliphatic carbocycles. The first-order valence-corrected chi connectivity index (χ1v) is 14.6. The SMILES string of the molecule is COC(=O)c1cc(OCC(C)C)c2c(Br)ccc(NC(=O)c3cc(OCC(C)C)c4c(Br)ccc([N+](=O)[O-])c4n3)c2n1. The summed E-state index contributed by atoms with van der Waals surface area (Å²) >= 11 is 6.96. The van der Waals surface area contributed by atoms with Gasteiger partial charge in [-0.3, -0.25) is 14.9 Å². The molecular formula is C29H28Br2N4O7. The fourth-order valence-corrected chi connectivity index (χ4v) is 5.05. The Morgan fingerprint density at radius 1 is 0.881 bits per heavy atom. The molecule has 0 aliphatic rings. The molecule has 0 radical (unpaired) electrons. The highest BCUT2D eigenvalue weighted by Gasteiger charge is 2.24. The summed E-state index contributed by atoms with van der Waals surface area (Å²) in [4.78, 5) is 46.2. The largest absolute Gasteiger partial charge is 0.492 e. The van der Waals surface area contributed by atoms with Crippen molar-refractivity contribution in [2.75, 3.05) is 25.6 Å². The molecular weight excluding hydrogens is 676 g/mol. The van der Waals surface area contributed by atoms with Gasteiger partial charge in [-0.15, -0.1) is 0 Å². The van der Waals surface area contributed by atoms with Crippen LogP contribution < -0.4 is 14.8 Å². The molecule has 4 rings (SSSR count). The lowest BCUT2D eigenvalue weighted by atomic mass is 10.1. The summed E-state index contributed by atoms with van der Waals surface area (Å²) in [6.45, 7) is 8.58. The number of amides is 1. The van der Waals surface area contributed by atoms with Crippen LogP contribution in [0.1, 0.15) is 48.7 Å². The number of benzene rings is 2. The minimum Gasteiger partial charge on any atom is -0.492 e. The predicted molar refractivity (Wildman–Crippen MR) is 165 cm³/mol. The van der Waals surface area contributed by atoms with E-state index in [1.807, 2.05) is 27.7 Å². The van der Waals surface area contributed by atoms with Gasteiger partial charge in [-0.25, -0.2) is 14.8 Å². The minimum atomic E-state index is -0.676. The van der Waals surface area contributed by atoms with Crippen molar-refractivity contribution in [1.29, 1.82) is 0 Å². The fraction of sp³-hybridized carbons (Fsp3) is 0.310. The number of carbonyl (C=O) groups excluding carboxylic acids is 2. The van der Waals surface area contributed by atoms with Crippen molar-refractivity contribution in [1.82, 2.24) is 9.97 Å². The highest BCUT2D eigenvalue weighted by Crippen LogP contribution is 2.39. The van der Waals surface area contributed by atoms with Crippen molar-refractivity contribution < 1.29 is 28.7 Å². The molecule has 0 saturated heterocycles. The monoisotopic (exact) mass is 702 g/mol. The van der Waals surface area contributed by atoms with E-state index in [9.17, 15) is 19.7 Å². The average molecular weight is 704 g/mol. The molecule has 2 aromatic carbocycles. The van der Waals surface area contributed by atoms with Gasteiger partial charge >= 0.3 is 5.97 Å². The lowest BCUT2D eigenvalue weighted by Crippen LogP contribution is -2.16.